The van der Waals surface area contributed by atoms with E-state index in [2.05, 4.69) is 10.0 Å². The minimum absolute atomic E-state index is 0.0728. The van der Waals surface area contributed by atoms with Gasteiger partial charge in [0.15, 0.2) is 5.58 Å². The summed E-state index contributed by atoms with van der Waals surface area (Å²) in [4.78, 5) is 24.3. The van der Waals surface area contributed by atoms with Crippen molar-refractivity contribution in [3.8, 4) is 0 Å². The first-order valence-corrected chi connectivity index (χ1v) is 11.6. The maximum absolute atomic E-state index is 12.9. The van der Waals surface area contributed by atoms with Crippen LogP contribution in [0.4, 0.5) is 0 Å². The minimum Gasteiger partial charge on any atom is -0.408 e. The minimum atomic E-state index is -4.03. The van der Waals surface area contributed by atoms with Crippen molar-refractivity contribution in [1.82, 2.24) is 14.6 Å². The maximum Gasteiger partial charge on any atom is 0.419 e. The molecule has 1 amide bonds. The summed E-state index contributed by atoms with van der Waals surface area (Å²) in [5, 5.41) is 3.36. The summed E-state index contributed by atoms with van der Waals surface area (Å²) in [7, 11) is -2.50. The van der Waals surface area contributed by atoms with E-state index >= 15 is 0 Å². The lowest BCUT2D eigenvalue weighted by Crippen LogP contribution is -2.47. The summed E-state index contributed by atoms with van der Waals surface area (Å²) in [5.74, 6) is -0.945. The van der Waals surface area contributed by atoms with E-state index in [1.54, 1.807) is 24.3 Å². The van der Waals surface area contributed by atoms with Crippen LogP contribution in [0.15, 0.2) is 56.6 Å². The van der Waals surface area contributed by atoms with E-state index in [-0.39, 0.29) is 22.9 Å². The third-order valence-corrected chi connectivity index (χ3v) is 6.50. The molecule has 166 valence electrons. The van der Waals surface area contributed by atoms with E-state index < -0.39 is 27.7 Å². The van der Waals surface area contributed by atoms with Crippen LogP contribution < -0.4 is 15.8 Å². The van der Waals surface area contributed by atoms with Crippen LogP contribution in [0.2, 0.25) is 5.02 Å². The standard InChI is InChI=1S/C21H24ClN3O5S/c1-13(2)10-17(20(26)23-12-14-4-6-15(22)7-5-14)24-31(28,29)16-8-9-18-19(11-16)30-21(27)25(18)3/h4-9,11,13,17,24H,10,12H2,1-3H3,(H,23,26)/t17-/m0/s1. The number of nitrogens with one attached hydrogen (secondary N) is 2. The van der Waals surface area contributed by atoms with Crippen molar-refractivity contribution < 1.29 is 17.6 Å². The molecule has 2 N–H and O–H groups in total. The lowest BCUT2D eigenvalue weighted by atomic mass is 10.0. The van der Waals surface area contributed by atoms with Crippen LogP contribution in [-0.4, -0.2) is 24.9 Å². The predicted octanol–water partition coefficient (Wildman–Crippen LogP) is 2.79. The third-order valence-electron chi connectivity index (χ3n) is 4.78. The number of fused-ring (bicyclic) bond motifs is 1. The molecule has 0 bridgehead atoms. The van der Waals surface area contributed by atoms with Gasteiger partial charge in [-0.05, 0) is 42.2 Å². The van der Waals surface area contributed by atoms with Gasteiger partial charge in [0.25, 0.3) is 0 Å². The zero-order valence-electron chi connectivity index (χ0n) is 17.4. The lowest BCUT2D eigenvalue weighted by molar-refractivity contribution is -0.123. The molecule has 3 aromatic rings. The molecule has 31 heavy (non-hydrogen) atoms. The van der Waals surface area contributed by atoms with Crippen molar-refractivity contribution in [1.29, 1.82) is 0 Å². The number of carbonyl (C=O) groups excluding carboxylic acids is 1. The molecule has 0 unspecified atom stereocenters. The molecule has 8 nitrogen and oxygen atoms in total. The van der Waals surface area contributed by atoms with Gasteiger partial charge in [-0.25, -0.2) is 13.2 Å². The Morgan fingerprint density at radius 2 is 1.84 bits per heavy atom. The smallest absolute Gasteiger partial charge is 0.408 e. The average molecular weight is 466 g/mol. The van der Waals surface area contributed by atoms with E-state index in [9.17, 15) is 18.0 Å². The number of aryl methyl sites for hydroxylation is 1. The highest BCUT2D eigenvalue weighted by atomic mass is 35.5. The molecule has 1 atom stereocenters. The van der Waals surface area contributed by atoms with E-state index in [0.717, 1.165) is 5.56 Å². The molecule has 0 aliphatic rings. The first-order valence-electron chi connectivity index (χ1n) is 9.71. The number of hydrogen-bond donors (Lipinski definition) is 2. The molecule has 0 radical (unpaired) electrons. The Morgan fingerprint density at radius 3 is 2.48 bits per heavy atom. The molecule has 2 aromatic carbocycles. The summed E-state index contributed by atoms with van der Waals surface area (Å²) in [5.41, 5.74) is 1.47. The van der Waals surface area contributed by atoms with E-state index in [1.165, 1.54) is 29.8 Å². The zero-order chi connectivity index (χ0) is 22.8. The van der Waals surface area contributed by atoms with Crippen LogP contribution in [0.1, 0.15) is 25.8 Å². The van der Waals surface area contributed by atoms with Gasteiger partial charge in [-0.1, -0.05) is 37.6 Å². The third kappa shape index (κ3) is 5.55. The summed E-state index contributed by atoms with van der Waals surface area (Å²) in [6.45, 7) is 4.05. The largest absolute Gasteiger partial charge is 0.419 e. The maximum atomic E-state index is 12.9. The number of oxazole rings is 1. The number of rotatable bonds is 8. The lowest BCUT2D eigenvalue weighted by Gasteiger charge is -2.20. The van der Waals surface area contributed by atoms with Gasteiger partial charge >= 0.3 is 5.76 Å². The van der Waals surface area contributed by atoms with Crippen molar-refractivity contribution in [3.63, 3.8) is 0 Å². The Labute approximate surface area is 185 Å². The van der Waals surface area contributed by atoms with E-state index in [1.807, 2.05) is 13.8 Å². The molecule has 1 heterocycles. The fourth-order valence-electron chi connectivity index (χ4n) is 3.13. The van der Waals surface area contributed by atoms with E-state index in [0.29, 0.717) is 17.0 Å². The highest BCUT2D eigenvalue weighted by Gasteiger charge is 2.27. The van der Waals surface area contributed by atoms with Gasteiger partial charge in [-0.3, -0.25) is 9.36 Å². The van der Waals surface area contributed by atoms with Crippen LogP contribution in [0.5, 0.6) is 0 Å². The molecule has 1 aromatic heterocycles. The van der Waals surface area contributed by atoms with Gasteiger partial charge in [0.1, 0.15) is 6.04 Å². The molecule has 3 rings (SSSR count). The second kappa shape index (κ2) is 9.25. The number of nitrogens with zero attached hydrogens (tertiary/aromatic N) is 1. The molecule has 0 fully saturated rings. The first kappa shape index (κ1) is 23.1. The Hall–Kier alpha value is -2.62. The SMILES string of the molecule is CC(C)C[C@H](NS(=O)(=O)c1ccc2c(c1)oc(=O)n2C)C(=O)NCc1ccc(Cl)cc1. The highest BCUT2D eigenvalue weighted by molar-refractivity contribution is 7.89. The van der Waals surface area contributed by atoms with Gasteiger partial charge in [0, 0.05) is 24.7 Å². The summed E-state index contributed by atoms with van der Waals surface area (Å²) < 4.78 is 34.7. The fourth-order valence-corrected chi connectivity index (χ4v) is 4.48. The number of amides is 1. The number of sulfonamides is 1. The summed E-state index contributed by atoms with van der Waals surface area (Å²) in [6.07, 6.45) is 0.314. The van der Waals surface area contributed by atoms with Gasteiger partial charge in [0.2, 0.25) is 15.9 Å². The van der Waals surface area contributed by atoms with Crippen molar-refractivity contribution in [2.75, 3.05) is 0 Å². The molecule has 0 spiro atoms. The quantitative estimate of drug-likeness (QED) is 0.531. The average Bonchev–Trinajstić information content (AvgIpc) is 2.99. The Morgan fingerprint density at radius 1 is 1.16 bits per heavy atom. The van der Waals surface area contributed by atoms with Crippen molar-refractivity contribution in [2.24, 2.45) is 13.0 Å². The summed E-state index contributed by atoms with van der Waals surface area (Å²) >= 11 is 5.87. The molecule has 0 saturated carbocycles. The second-order valence-electron chi connectivity index (χ2n) is 7.70. The van der Waals surface area contributed by atoms with Gasteiger partial charge in [0.05, 0.1) is 10.4 Å². The molecular formula is C21H24ClN3O5S. The summed E-state index contributed by atoms with van der Waals surface area (Å²) in [6, 6.07) is 10.2. The first-order chi connectivity index (χ1) is 14.6. The number of carbonyl (C=O) groups is 1. The molecular weight excluding hydrogens is 442 g/mol. The molecule has 0 aliphatic carbocycles. The number of hydrogen-bond acceptors (Lipinski definition) is 5. The Kier molecular flexibility index (Phi) is 6.88. The number of halogens is 1. The molecule has 10 heteroatoms. The van der Waals surface area contributed by atoms with Crippen LogP contribution in [0.25, 0.3) is 11.1 Å². The van der Waals surface area contributed by atoms with E-state index in [4.69, 9.17) is 16.0 Å². The zero-order valence-corrected chi connectivity index (χ0v) is 19.0. The Balaban J connectivity index is 1.79. The topological polar surface area (TPSA) is 110 Å². The number of benzene rings is 2. The van der Waals surface area contributed by atoms with Gasteiger partial charge < -0.3 is 9.73 Å². The van der Waals surface area contributed by atoms with Crippen molar-refractivity contribution >= 4 is 38.6 Å². The van der Waals surface area contributed by atoms with Crippen LogP contribution in [0, 0.1) is 5.92 Å². The van der Waals surface area contributed by atoms with Crippen molar-refractivity contribution in [2.45, 2.75) is 37.8 Å². The van der Waals surface area contributed by atoms with Crippen molar-refractivity contribution in [3.05, 3.63) is 63.6 Å². The Bertz CT molecular complexity index is 1250. The molecule has 0 aliphatic heterocycles. The fraction of sp³-hybridized carbons (Fsp3) is 0.333. The van der Waals surface area contributed by atoms with Gasteiger partial charge in [-0.15, -0.1) is 0 Å². The highest BCUT2D eigenvalue weighted by Crippen LogP contribution is 2.19. The molecule has 0 saturated heterocycles. The van der Waals surface area contributed by atoms with Crippen LogP contribution in [0.3, 0.4) is 0 Å². The predicted molar refractivity (Wildman–Crippen MR) is 118 cm³/mol. The van der Waals surface area contributed by atoms with Gasteiger partial charge in [-0.2, -0.15) is 4.72 Å². The second-order valence-corrected chi connectivity index (χ2v) is 9.85. The monoisotopic (exact) mass is 465 g/mol. The number of aromatic nitrogens is 1. The van der Waals surface area contributed by atoms with Crippen LogP contribution in [-0.2, 0) is 28.4 Å². The normalized spacial score (nSPS) is 12.9. The van der Waals surface area contributed by atoms with Crippen LogP contribution >= 0.6 is 11.6 Å².